The van der Waals surface area contributed by atoms with Crippen molar-refractivity contribution in [2.24, 2.45) is 0 Å². The van der Waals surface area contributed by atoms with Crippen LogP contribution >= 0.6 is 0 Å². The molecule has 0 unspecified atom stereocenters. The van der Waals surface area contributed by atoms with E-state index >= 15 is 0 Å². The smallest absolute Gasteiger partial charge is 0.218 e. The van der Waals surface area contributed by atoms with Gasteiger partial charge in [0.1, 0.15) is 5.82 Å². The second kappa shape index (κ2) is 7.06. The summed E-state index contributed by atoms with van der Waals surface area (Å²) in [5.41, 5.74) is 1.46. The van der Waals surface area contributed by atoms with Crippen molar-refractivity contribution in [3.63, 3.8) is 0 Å². The molecule has 2 rings (SSSR count). The summed E-state index contributed by atoms with van der Waals surface area (Å²) in [6.45, 7) is 1.84. The van der Waals surface area contributed by atoms with Crippen LogP contribution in [0.1, 0.15) is 16.8 Å². The van der Waals surface area contributed by atoms with Crippen molar-refractivity contribution in [2.75, 3.05) is 14.2 Å². The first kappa shape index (κ1) is 17.4. The number of aromatic nitrogens is 1. The number of hydrogen-bond donors (Lipinski definition) is 0. The lowest BCUT2D eigenvalue weighted by atomic mass is 10.2. The van der Waals surface area contributed by atoms with E-state index in [1.807, 2.05) is 0 Å². The summed E-state index contributed by atoms with van der Waals surface area (Å²) in [4.78, 5) is 4.18. The van der Waals surface area contributed by atoms with Crippen LogP contribution in [0.4, 0.5) is 4.39 Å². The highest BCUT2D eigenvalue weighted by Crippen LogP contribution is 2.17. The molecule has 0 aliphatic carbocycles. The number of nitrogens with zero attached hydrogens (tertiary/aromatic N) is 2. The third-order valence-corrected chi connectivity index (χ3v) is 5.15. The number of ether oxygens (including phenoxy) is 1. The molecule has 0 saturated heterocycles. The molecule has 1 heterocycles. The van der Waals surface area contributed by atoms with Crippen molar-refractivity contribution < 1.29 is 17.5 Å². The van der Waals surface area contributed by atoms with Gasteiger partial charge in [0.25, 0.3) is 0 Å². The van der Waals surface area contributed by atoms with E-state index in [-0.39, 0.29) is 17.9 Å². The third-order valence-electron chi connectivity index (χ3n) is 3.40. The molecule has 7 heteroatoms. The minimum absolute atomic E-state index is 0.0903. The predicted octanol–water partition coefficient (Wildman–Crippen LogP) is 2.50. The van der Waals surface area contributed by atoms with Crippen molar-refractivity contribution in [2.45, 2.75) is 19.2 Å². The molecule has 0 amide bonds. The van der Waals surface area contributed by atoms with Crippen LogP contribution in [0.3, 0.4) is 0 Å². The highest BCUT2D eigenvalue weighted by Gasteiger charge is 2.21. The fraction of sp³-hybridized carbons (Fsp3) is 0.312. The summed E-state index contributed by atoms with van der Waals surface area (Å²) in [5, 5.41) is 0. The maximum atomic E-state index is 13.9. The molecular formula is C16H19FN2O3S. The molecule has 2 aromatic rings. The van der Waals surface area contributed by atoms with E-state index in [9.17, 15) is 12.8 Å². The average Bonchev–Trinajstić information content (AvgIpc) is 2.50. The summed E-state index contributed by atoms with van der Waals surface area (Å²) < 4.78 is 44.8. The Morgan fingerprint density at radius 2 is 2.00 bits per heavy atom. The highest BCUT2D eigenvalue weighted by atomic mass is 32.2. The molecule has 5 nitrogen and oxygen atoms in total. The zero-order valence-electron chi connectivity index (χ0n) is 13.3. The monoisotopic (exact) mass is 338 g/mol. The van der Waals surface area contributed by atoms with E-state index in [0.717, 1.165) is 9.87 Å². The van der Waals surface area contributed by atoms with Crippen molar-refractivity contribution >= 4 is 10.0 Å². The van der Waals surface area contributed by atoms with Crippen LogP contribution in [-0.2, 0) is 22.3 Å². The lowest BCUT2D eigenvalue weighted by Gasteiger charge is -2.17. The first-order chi connectivity index (χ1) is 10.8. The number of pyridine rings is 1. The fourth-order valence-corrected chi connectivity index (χ4v) is 3.24. The van der Waals surface area contributed by atoms with Crippen LogP contribution in [0.25, 0.3) is 0 Å². The lowest BCUT2D eigenvalue weighted by Crippen LogP contribution is -2.28. The number of hydrogen-bond acceptors (Lipinski definition) is 4. The van der Waals surface area contributed by atoms with Crippen molar-refractivity contribution in [3.05, 3.63) is 59.0 Å². The number of benzene rings is 1. The number of methoxy groups -OCH3 is 1. The van der Waals surface area contributed by atoms with Crippen molar-refractivity contribution in [1.29, 1.82) is 0 Å². The van der Waals surface area contributed by atoms with Crippen LogP contribution in [0.5, 0.6) is 5.88 Å². The number of rotatable bonds is 6. The molecule has 1 aromatic heterocycles. The molecule has 0 spiro atoms. The topological polar surface area (TPSA) is 59.5 Å². The van der Waals surface area contributed by atoms with E-state index in [1.165, 1.54) is 26.3 Å². The van der Waals surface area contributed by atoms with Gasteiger partial charge in [0.05, 0.1) is 25.1 Å². The fourth-order valence-electron chi connectivity index (χ4n) is 2.06. The van der Waals surface area contributed by atoms with Gasteiger partial charge in [0, 0.05) is 18.7 Å². The molecule has 124 valence electrons. The van der Waals surface area contributed by atoms with Gasteiger partial charge >= 0.3 is 0 Å². The van der Waals surface area contributed by atoms with Gasteiger partial charge in [-0.25, -0.2) is 17.8 Å². The second-order valence-corrected chi connectivity index (χ2v) is 7.35. The van der Waals surface area contributed by atoms with Crippen LogP contribution in [0.2, 0.25) is 0 Å². The van der Waals surface area contributed by atoms with Gasteiger partial charge in [-0.2, -0.15) is 4.31 Å². The lowest BCUT2D eigenvalue weighted by molar-refractivity contribution is 0.392. The Hall–Kier alpha value is -1.99. The quantitative estimate of drug-likeness (QED) is 0.812. The summed E-state index contributed by atoms with van der Waals surface area (Å²) in [5.74, 6) is -0.487. The summed E-state index contributed by atoms with van der Waals surface area (Å²) in [6, 6.07) is 9.65. The predicted molar refractivity (Wildman–Crippen MR) is 86.0 cm³/mol. The Balaban J connectivity index is 2.14. The standard InChI is InChI=1S/C16H19FN2O3S/c1-12-7-8-13(15(17)9-12)11-23(20,21)19(2)10-14-5-4-6-16(18-14)22-3/h4-9H,10-11H2,1-3H3. The Kier molecular flexibility index (Phi) is 5.33. The Morgan fingerprint density at radius 1 is 1.26 bits per heavy atom. The summed E-state index contributed by atoms with van der Waals surface area (Å²) >= 11 is 0. The Labute approximate surface area is 135 Å². The maximum absolute atomic E-state index is 13.9. The first-order valence-electron chi connectivity index (χ1n) is 7.01. The van der Waals surface area contributed by atoms with Gasteiger partial charge in [-0.15, -0.1) is 0 Å². The summed E-state index contributed by atoms with van der Waals surface area (Å²) in [7, 11) is -0.714. The first-order valence-corrected chi connectivity index (χ1v) is 8.61. The number of aryl methyl sites for hydroxylation is 1. The molecule has 0 aliphatic heterocycles. The zero-order valence-corrected chi connectivity index (χ0v) is 14.1. The zero-order chi connectivity index (χ0) is 17.0. The van der Waals surface area contributed by atoms with Gasteiger partial charge in [-0.05, 0) is 24.6 Å². The third kappa shape index (κ3) is 4.49. The van der Waals surface area contributed by atoms with E-state index in [2.05, 4.69) is 4.98 Å². The minimum atomic E-state index is -3.65. The molecule has 0 N–H and O–H groups in total. The second-order valence-electron chi connectivity index (χ2n) is 5.28. The van der Waals surface area contributed by atoms with E-state index in [1.54, 1.807) is 31.2 Å². The molecule has 0 atom stereocenters. The van der Waals surface area contributed by atoms with Crippen molar-refractivity contribution in [1.82, 2.24) is 9.29 Å². The Morgan fingerprint density at radius 3 is 2.65 bits per heavy atom. The van der Waals surface area contributed by atoms with Gasteiger partial charge in [-0.3, -0.25) is 0 Å². The van der Waals surface area contributed by atoms with Crippen molar-refractivity contribution in [3.8, 4) is 5.88 Å². The van der Waals surface area contributed by atoms with Crippen LogP contribution < -0.4 is 4.74 Å². The number of halogens is 1. The normalized spacial score (nSPS) is 11.7. The molecule has 0 fully saturated rings. The van der Waals surface area contributed by atoms with E-state index in [4.69, 9.17) is 4.74 Å². The molecule has 0 radical (unpaired) electrons. The van der Waals surface area contributed by atoms with Gasteiger partial charge < -0.3 is 4.74 Å². The molecule has 0 bridgehead atoms. The molecule has 0 aliphatic rings. The van der Waals surface area contributed by atoms with Gasteiger partial charge in [-0.1, -0.05) is 18.2 Å². The molecule has 23 heavy (non-hydrogen) atoms. The molecular weight excluding hydrogens is 319 g/mol. The summed E-state index contributed by atoms with van der Waals surface area (Å²) in [6.07, 6.45) is 0. The van der Waals surface area contributed by atoms with Crippen LogP contribution in [0.15, 0.2) is 36.4 Å². The number of sulfonamides is 1. The van der Waals surface area contributed by atoms with Crippen LogP contribution in [-0.4, -0.2) is 31.9 Å². The van der Waals surface area contributed by atoms with Gasteiger partial charge in [0.15, 0.2) is 0 Å². The SMILES string of the molecule is COc1cccc(CN(C)S(=O)(=O)Cc2ccc(C)cc2F)n1. The Bertz CT molecular complexity index is 794. The largest absolute Gasteiger partial charge is 0.481 e. The van der Waals surface area contributed by atoms with E-state index < -0.39 is 15.8 Å². The van der Waals surface area contributed by atoms with Crippen LogP contribution in [0, 0.1) is 12.7 Å². The van der Waals surface area contributed by atoms with E-state index in [0.29, 0.717) is 11.6 Å². The van der Waals surface area contributed by atoms with Gasteiger partial charge in [0.2, 0.25) is 15.9 Å². The average molecular weight is 338 g/mol. The maximum Gasteiger partial charge on any atom is 0.218 e. The minimum Gasteiger partial charge on any atom is -0.481 e. The highest BCUT2D eigenvalue weighted by molar-refractivity contribution is 7.88. The molecule has 1 aromatic carbocycles. The molecule has 0 saturated carbocycles.